The summed E-state index contributed by atoms with van der Waals surface area (Å²) < 4.78 is 0. The van der Waals surface area contributed by atoms with Crippen molar-refractivity contribution >= 4 is 5.95 Å². The molecule has 2 saturated heterocycles. The van der Waals surface area contributed by atoms with E-state index in [2.05, 4.69) is 35.6 Å². The van der Waals surface area contributed by atoms with E-state index in [-0.39, 0.29) is 5.75 Å². The quantitative estimate of drug-likeness (QED) is 0.640. The molecule has 3 N–H and O–H groups in total. The molecule has 2 aliphatic heterocycles. The fourth-order valence-electron chi connectivity index (χ4n) is 4.40. The van der Waals surface area contributed by atoms with Crippen molar-refractivity contribution in [1.82, 2.24) is 30.7 Å². The second kappa shape index (κ2) is 7.20. The highest BCUT2D eigenvalue weighted by Gasteiger charge is 2.34. The number of benzene rings is 1. The molecule has 4 heterocycles. The van der Waals surface area contributed by atoms with Crippen LogP contribution in [0.5, 0.6) is 5.75 Å². The van der Waals surface area contributed by atoms with Gasteiger partial charge >= 0.3 is 0 Å². The number of H-pyrrole nitrogens is 1. The molecular formula is C20H23N7O. The average Bonchev–Trinajstić information content (AvgIpc) is 3.50. The summed E-state index contributed by atoms with van der Waals surface area (Å²) in [6, 6.07) is 5.97. The Hall–Kier alpha value is -3.00. The Kier molecular flexibility index (Phi) is 4.40. The highest BCUT2D eigenvalue weighted by atomic mass is 16.3. The Morgan fingerprint density at radius 3 is 2.79 bits per heavy atom. The fraction of sp³-hybridized carbons (Fsp3) is 0.400. The van der Waals surface area contributed by atoms with Crippen LogP contribution < -0.4 is 10.2 Å². The summed E-state index contributed by atoms with van der Waals surface area (Å²) in [5.41, 5.74) is 3.00. The number of nitrogens with one attached hydrogen (secondary N) is 2. The van der Waals surface area contributed by atoms with Crippen LogP contribution in [0.25, 0.3) is 22.4 Å². The van der Waals surface area contributed by atoms with Crippen molar-refractivity contribution in [1.29, 1.82) is 0 Å². The fourth-order valence-corrected chi connectivity index (χ4v) is 4.40. The number of hydrogen-bond acceptors (Lipinski definition) is 7. The Morgan fingerprint density at radius 2 is 2.07 bits per heavy atom. The minimum atomic E-state index is 0.152. The van der Waals surface area contributed by atoms with Crippen molar-refractivity contribution in [2.24, 2.45) is 5.92 Å². The lowest BCUT2D eigenvalue weighted by Gasteiger charge is -2.28. The van der Waals surface area contributed by atoms with Crippen molar-refractivity contribution in [2.45, 2.75) is 25.3 Å². The van der Waals surface area contributed by atoms with E-state index in [9.17, 15) is 5.11 Å². The van der Waals surface area contributed by atoms with E-state index in [0.717, 1.165) is 30.8 Å². The summed E-state index contributed by atoms with van der Waals surface area (Å²) in [6.07, 6.45) is 8.78. The number of rotatable bonds is 4. The number of anilines is 1. The summed E-state index contributed by atoms with van der Waals surface area (Å²) >= 11 is 0. The predicted molar refractivity (Wildman–Crippen MR) is 106 cm³/mol. The molecule has 2 atom stereocenters. The highest BCUT2D eigenvalue weighted by molar-refractivity contribution is 5.73. The summed E-state index contributed by atoms with van der Waals surface area (Å²) in [5, 5.41) is 29.4. The zero-order valence-corrected chi connectivity index (χ0v) is 15.5. The van der Waals surface area contributed by atoms with Crippen LogP contribution in [-0.4, -0.2) is 56.2 Å². The van der Waals surface area contributed by atoms with Crippen LogP contribution in [0, 0.1) is 5.92 Å². The van der Waals surface area contributed by atoms with Gasteiger partial charge in [-0.05, 0) is 56.0 Å². The monoisotopic (exact) mass is 377 g/mol. The summed E-state index contributed by atoms with van der Waals surface area (Å²) in [7, 11) is 0. The van der Waals surface area contributed by atoms with Crippen molar-refractivity contribution in [3.8, 4) is 28.1 Å². The molecule has 0 aliphatic carbocycles. The largest absolute Gasteiger partial charge is 0.507 e. The average molecular weight is 377 g/mol. The number of aromatic amines is 1. The molecule has 0 spiro atoms. The van der Waals surface area contributed by atoms with Gasteiger partial charge in [-0.25, -0.2) is 4.98 Å². The molecule has 2 fully saturated rings. The number of aromatic nitrogens is 5. The van der Waals surface area contributed by atoms with Gasteiger partial charge in [0, 0.05) is 29.9 Å². The normalized spacial score (nSPS) is 22.1. The van der Waals surface area contributed by atoms with E-state index in [0.29, 0.717) is 29.2 Å². The molecule has 0 radical (unpaired) electrons. The van der Waals surface area contributed by atoms with E-state index >= 15 is 0 Å². The Morgan fingerprint density at radius 1 is 1.11 bits per heavy atom. The van der Waals surface area contributed by atoms with Gasteiger partial charge in [0.25, 0.3) is 0 Å². The van der Waals surface area contributed by atoms with Gasteiger partial charge in [0.15, 0.2) is 0 Å². The summed E-state index contributed by atoms with van der Waals surface area (Å²) in [6.45, 7) is 3.15. The van der Waals surface area contributed by atoms with E-state index in [1.807, 2.05) is 12.1 Å². The second-order valence-electron chi connectivity index (χ2n) is 7.52. The van der Waals surface area contributed by atoms with Crippen LogP contribution in [0.1, 0.15) is 19.3 Å². The summed E-state index contributed by atoms with van der Waals surface area (Å²) in [5.74, 6) is 1.50. The third-order valence-electron chi connectivity index (χ3n) is 5.85. The lowest BCUT2D eigenvalue weighted by Crippen LogP contribution is -2.37. The van der Waals surface area contributed by atoms with Gasteiger partial charge in [-0.1, -0.05) is 6.07 Å². The van der Waals surface area contributed by atoms with Gasteiger partial charge < -0.3 is 15.3 Å². The first-order valence-electron chi connectivity index (χ1n) is 9.79. The maximum absolute atomic E-state index is 10.5. The Labute approximate surface area is 163 Å². The molecule has 8 heteroatoms. The molecule has 2 aromatic heterocycles. The third kappa shape index (κ3) is 3.09. The zero-order chi connectivity index (χ0) is 18.9. The van der Waals surface area contributed by atoms with E-state index in [4.69, 9.17) is 0 Å². The lowest BCUT2D eigenvalue weighted by atomic mass is 9.97. The highest BCUT2D eigenvalue weighted by Crippen LogP contribution is 2.33. The maximum atomic E-state index is 10.5. The molecule has 28 heavy (non-hydrogen) atoms. The van der Waals surface area contributed by atoms with Crippen LogP contribution in [0.15, 0.2) is 36.8 Å². The number of phenolic OH excluding ortho intramolecular Hbond substituents is 1. The van der Waals surface area contributed by atoms with E-state index < -0.39 is 0 Å². The van der Waals surface area contributed by atoms with Crippen LogP contribution in [0.3, 0.4) is 0 Å². The number of aromatic hydroxyl groups is 1. The molecule has 144 valence electrons. The number of nitrogens with zero attached hydrogens (tertiary/aromatic N) is 5. The standard InChI is InChI=1S/C20H23N7O/c28-19-8-13(15-10-23-24-11-15)3-4-16(19)17-12-22-20(26-25-17)27-7-1-2-18(27)14-5-6-21-9-14/h3-4,8,10-12,14,18,21,28H,1-2,5-7,9H2,(H,23,24). The summed E-state index contributed by atoms with van der Waals surface area (Å²) in [4.78, 5) is 6.88. The molecule has 2 unspecified atom stereocenters. The van der Waals surface area contributed by atoms with Crippen molar-refractivity contribution in [2.75, 3.05) is 24.5 Å². The van der Waals surface area contributed by atoms with Crippen LogP contribution >= 0.6 is 0 Å². The molecule has 1 aromatic carbocycles. The first kappa shape index (κ1) is 17.1. The van der Waals surface area contributed by atoms with Gasteiger partial charge in [-0.2, -0.15) is 5.10 Å². The molecule has 0 amide bonds. The first-order chi connectivity index (χ1) is 13.8. The minimum absolute atomic E-state index is 0.152. The molecule has 5 rings (SSSR count). The SMILES string of the molecule is Oc1cc(-c2cn[nH]c2)ccc1-c1cnc(N2CCCC2C2CCNC2)nn1. The van der Waals surface area contributed by atoms with Crippen molar-refractivity contribution < 1.29 is 5.11 Å². The smallest absolute Gasteiger partial charge is 0.245 e. The Bertz CT molecular complexity index is 936. The van der Waals surface area contributed by atoms with Gasteiger partial charge in [-0.3, -0.25) is 5.10 Å². The third-order valence-corrected chi connectivity index (χ3v) is 5.85. The lowest BCUT2D eigenvalue weighted by molar-refractivity contribution is 0.448. The molecule has 8 nitrogen and oxygen atoms in total. The molecule has 0 bridgehead atoms. The van der Waals surface area contributed by atoms with Crippen LogP contribution in [0.2, 0.25) is 0 Å². The minimum Gasteiger partial charge on any atom is -0.507 e. The first-order valence-corrected chi connectivity index (χ1v) is 9.79. The second-order valence-corrected chi connectivity index (χ2v) is 7.52. The zero-order valence-electron chi connectivity index (χ0n) is 15.5. The van der Waals surface area contributed by atoms with Crippen molar-refractivity contribution in [3.63, 3.8) is 0 Å². The predicted octanol–water partition coefficient (Wildman–Crippen LogP) is 2.21. The van der Waals surface area contributed by atoms with E-state index in [1.54, 1.807) is 24.7 Å². The molecule has 2 aliphatic rings. The number of hydrogen-bond donors (Lipinski definition) is 3. The molecular weight excluding hydrogens is 354 g/mol. The van der Waals surface area contributed by atoms with Gasteiger partial charge in [0.1, 0.15) is 11.4 Å². The molecule has 0 saturated carbocycles. The van der Waals surface area contributed by atoms with Gasteiger partial charge in [0.2, 0.25) is 5.95 Å². The maximum Gasteiger partial charge on any atom is 0.245 e. The van der Waals surface area contributed by atoms with Crippen LogP contribution in [0.4, 0.5) is 5.95 Å². The van der Waals surface area contributed by atoms with Crippen LogP contribution in [-0.2, 0) is 0 Å². The van der Waals surface area contributed by atoms with Gasteiger partial charge in [0.05, 0.1) is 12.4 Å². The van der Waals surface area contributed by atoms with Crippen molar-refractivity contribution in [3.05, 3.63) is 36.8 Å². The van der Waals surface area contributed by atoms with Gasteiger partial charge in [-0.15, -0.1) is 10.2 Å². The van der Waals surface area contributed by atoms with E-state index in [1.165, 1.54) is 19.3 Å². The Balaban J connectivity index is 1.38. The number of phenols is 1. The topological polar surface area (TPSA) is 103 Å². The molecule has 3 aromatic rings.